The highest BCUT2D eigenvalue weighted by atomic mass is 16.1. The maximum atomic E-state index is 11.7. The van der Waals surface area contributed by atoms with Crippen molar-refractivity contribution in [3.8, 4) is 0 Å². The maximum absolute atomic E-state index is 11.7. The number of nitrogens with one attached hydrogen (secondary N) is 1. The van der Waals surface area contributed by atoms with Gasteiger partial charge in [0.15, 0.2) is 0 Å². The van der Waals surface area contributed by atoms with E-state index in [4.69, 9.17) is 5.73 Å². The quantitative estimate of drug-likeness (QED) is 0.428. The first-order valence-corrected chi connectivity index (χ1v) is 6.60. The summed E-state index contributed by atoms with van der Waals surface area (Å²) in [5, 5.41) is 4.84. The van der Waals surface area contributed by atoms with Gasteiger partial charge in [-0.15, -0.1) is 0 Å². The summed E-state index contributed by atoms with van der Waals surface area (Å²) in [6, 6.07) is 13.3. The smallest absolute Gasteiger partial charge is 0.250 e. The SMILES string of the molecule is C=C(C)C(=O)Nc1ccc2cc3ccc(N)cc3nc2c1. The number of nitrogens with two attached hydrogens (primary N) is 1. The van der Waals surface area contributed by atoms with Gasteiger partial charge in [-0.05, 0) is 37.3 Å². The van der Waals surface area contributed by atoms with Crippen molar-refractivity contribution in [2.45, 2.75) is 6.92 Å². The third kappa shape index (κ3) is 2.56. The molecular formula is C17H15N3O. The van der Waals surface area contributed by atoms with Crippen molar-refractivity contribution in [1.29, 1.82) is 0 Å². The fourth-order valence-corrected chi connectivity index (χ4v) is 2.15. The van der Waals surface area contributed by atoms with E-state index in [1.165, 1.54) is 0 Å². The van der Waals surface area contributed by atoms with Gasteiger partial charge < -0.3 is 11.1 Å². The normalized spacial score (nSPS) is 10.7. The summed E-state index contributed by atoms with van der Waals surface area (Å²) in [4.78, 5) is 16.3. The molecule has 0 bridgehead atoms. The fourth-order valence-electron chi connectivity index (χ4n) is 2.15. The molecule has 4 nitrogen and oxygen atoms in total. The van der Waals surface area contributed by atoms with Crippen LogP contribution < -0.4 is 11.1 Å². The van der Waals surface area contributed by atoms with Crippen molar-refractivity contribution in [3.05, 3.63) is 54.6 Å². The Morgan fingerprint density at radius 1 is 1.10 bits per heavy atom. The highest BCUT2D eigenvalue weighted by molar-refractivity contribution is 6.04. The van der Waals surface area contributed by atoms with Crippen LogP contribution in [0.4, 0.5) is 11.4 Å². The van der Waals surface area contributed by atoms with Gasteiger partial charge >= 0.3 is 0 Å². The Hall–Kier alpha value is -2.88. The number of carbonyl (C=O) groups is 1. The monoisotopic (exact) mass is 277 g/mol. The fraction of sp³-hybridized carbons (Fsp3) is 0.0588. The number of anilines is 2. The van der Waals surface area contributed by atoms with Gasteiger partial charge in [0, 0.05) is 27.7 Å². The molecule has 0 saturated heterocycles. The zero-order chi connectivity index (χ0) is 15.0. The number of amides is 1. The summed E-state index contributed by atoms with van der Waals surface area (Å²) in [5.74, 6) is -0.195. The van der Waals surface area contributed by atoms with Crippen LogP contribution >= 0.6 is 0 Å². The van der Waals surface area contributed by atoms with E-state index in [1.54, 1.807) is 6.92 Å². The van der Waals surface area contributed by atoms with E-state index in [2.05, 4.69) is 22.9 Å². The highest BCUT2D eigenvalue weighted by Gasteiger charge is 2.05. The van der Waals surface area contributed by atoms with Gasteiger partial charge in [0.05, 0.1) is 11.0 Å². The van der Waals surface area contributed by atoms with Gasteiger partial charge in [-0.1, -0.05) is 18.7 Å². The lowest BCUT2D eigenvalue weighted by Crippen LogP contribution is -2.11. The molecule has 0 unspecified atom stereocenters. The van der Waals surface area contributed by atoms with Crippen molar-refractivity contribution < 1.29 is 4.79 Å². The third-order valence-electron chi connectivity index (χ3n) is 3.28. The number of nitrogen functional groups attached to an aromatic ring is 1. The minimum absolute atomic E-state index is 0.195. The topological polar surface area (TPSA) is 68.0 Å². The van der Waals surface area contributed by atoms with E-state index in [0.29, 0.717) is 16.9 Å². The molecule has 3 aromatic rings. The number of benzene rings is 2. The number of aromatic nitrogens is 1. The lowest BCUT2D eigenvalue weighted by molar-refractivity contribution is -0.112. The van der Waals surface area contributed by atoms with Crippen molar-refractivity contribution in [3.63, 3.8) is 0 Å². The van der Waals surface area contributed by atoms with Crippen LogP contribution in [-0.4, -0.2) is 10.9 Å². The second kappa shape index (κ2) is 4.90. The van der Waals surface area contributed by atoms with Crippen LogP contribution in [0.5, 0.6) is 0 Å². The molecule has 1 aromatic heterocycles. The average molecular weight is 277 g/mol. The lowest BCUT2D eigenvalue weighted by Gasteiger charge is -2.07. The predicted molar refractivity (Wildman–Crippen MR) is 87.1 cm³/mol. The van der Waals surface area contributed by atoms with Crippen LogP contribution in [0.15, 0.2) is 54.6 Å². The van der Waals surface area contributed by atoms with E-state index < -0.39 is 0 Å². The Balaban J connectivity index is 2.09. The number of pyridine rings is 1. The van der Waals surface area contributed by atoms with Gasteiger partial charge in [0.2, 0.25) is 0 Å². The van der Waals surface area contributed by atoms with Gasteiger partial charge in [-0.25, -0.2) is 4.98 Å². The molecule has 3 rings (SSSR count). The first-order chi connectivity index (χ1) is 10.0. The molecule has 0 aliphatic rings. The van der Waals surface area contributed by atoms with Crippen molar-refractivity contribution in [1.82, 2.24) is 4.98 Å². The van der Waals surface area contributed by atoms with Crippen LogP contribution in [0.3, 0.4) is 0 Å². The first-order valence-electron chi connectivity index (χ1n) is 6.60. The minimum Gasteiger partial charge on any atom is -0.399 e. The molecule has 0 aliphatic carbocycles. The number of fused-ring (bicyclic) bond motifs is 2. The second-order valence-corrected chi connectivity index (χ2v) is 5.08. The van der Waals surface area contributed by atoms with E-state index in [-0.39, 0.29) is 5.91 Å². The Morgan fingerprint density at radius 2 is 1.76 bits per heavy atom. The Bertz CT molecular complexity index is 884. The largest absolute Gasteiger partial charge is 0.399 e. The number of nitrogens with zero attached hydrogens (tertiary/aromatic N) is 1. The number of hydrogen-bond acceptors (Lipinski definition) is 3. The van der Waals surface area contributed by atoms with Crippen molar-refractivity contribution in [2.24, 2.45) is 0 Å². The highest BCUT2D eigenvalue weighted by Crippen LogP contribution is 2.24. The number of hydrogen-bond donors (Lipinski definition) is 2. The van der Waals surface area contributed by atoms with Crippen LogP contribution in [-0.2, 0) is 4.79 Å². The zero-order valence-corrected chi connectivity index (χ0v) is 11.7. The number of rotatable bonds is 2. The molecule has 0 saturated carbocycles. The lowest BCUT2D eigenvalue weighted by atomic mass is 10.1. The molecule has 0 aliphatic heterocycles. The van der Waals surface area contributed by atoms with Gasteiger partial charge in [-0.3, -0.25) is 4.79 Å². The van der Waals surface area contributed by atoms with Crippen LogP contribution in [0.1, 0.15) is 6.92 Å². The van der Waals surface area contributed by atoms with Gasteiger partial charge in [0.25, 0.3) is 5.91 Å². The molecule has 0 radical (unpaired) electrons. The van der Waals surface area contributed by atoms with E-state index >= 15 is 0 Å². The van der Waals surface area contributed by atoms with E-state index in [0.717, 1.165) is 21.8 Å². The van der Waals surface area contributed by atoms with Crippen LogP contribution in [0.2, 0.25) is 0 Å². The Labute approximate surface area is 122 Å². The van der Waals surface area contributed by atoms with Crippen LogP contribution in [0.25, 0.3) is 21.8 Å². The van der Waals surface area contributed by atoms with Gasteiger partial charge in [0.1, 0.15) is 0 Å². The molecule has 2 aromatic carbocycles. The Morgan fingerprint density at radius 3 is 2.48 bits per heavy atom. The molecule has 1 heterocycles. The molecule has 4 heteroatoms. The summed E-state index contributed by atoms with van der Waals surface area (Å²) < 4.78 is 0. The van der Waals surface area contributed by atoms with Crippen LogP contribution in [0, 0.1) is 0 Å². The van der Waals surface area contributed by atoms with Gasteiger partial charge in [-0.2, -0.15) is 0 Å². The van der Waals surface area contributed by atoms with Crippen molar-refractivity contribution >= 4 is 39.1 Å². The summed E-state index contributed by atoms with van der Waals surface area (Å²) in [7, 11) is 0. The van der Waals surface area contributed by atoms with Crippen molar-refractivity contribution in [2.75, 3.05) is 11.1 Å². The maximum Gasteiger partial charge on any atom is 0.250 e. The predicted octanol–water partition coefficient (Wildman–Crippen LogP) is 3.48. The molecule has 0 fully saturated rings. The molecule has 0 atom stereocenters. The molecular weight excluding hydrogens is 262 g/mol. The van der Waals surface area contributed by atoms with E-state index in [9.17, 15) is 4.79 Å². The summed E-state index contributed by atoms with van der Waals surface area (Å²) in [6.45, 7) is 5.29. The molecule has 1 amide bonds. The zero-order valence-electron chi connectivity index (χ0n) is 11.7. The summed E-state index contributed by atoms with van der Waals surface area (Å²) in [5.41, 5.74) is 9.29. The standard InChI is InChI=1S/C17H15N3O/c1-10(2)17(21)19-14-6-4-12-7-11-3-5-13(18)8-15(11)20-16(12)9-14/h3-9H,1,18H2,2H3,(H,19,21). The third-order valence-corrected chi connectivity index (χ3v) is 3.28. The first kappa shape index (κ1) is 13.1. The average Bonchev–Trinajstić information content (AvgIpc) is 2.45. The molecule has 21 heavy (non-hydrogen) atoms. The molecule has 0 spiro atoms. The Kier molecular flexibility index (Phi) is 3.06. The molecule has 104 valence electrons. The minimum atomic E-state index is -0.195. The summed E-state index contributed by atoms with van der Waals surface area (Å²) >= 11 is 0. The summed E-state index contributed by atoms with van der Waals surface area (Å²) in [6.07, 6.45) is 0. The number of carbonyl (C=O) groups excluding carboxylic acids is 1. The molecule has 3 N–H and O–H groups in total. The second-order valence-electron chi connectivity index (χ2n) is 5.08. The van der Waals surface area contributed by atoms with E-state index in [1.807, 2.05) is 36.4 Å².